The minimum atomic E-state index is -1.67. The van der Waals surface area contributed by atoms with Crippen LogP contribution in [0.3, 0.4) is 0 Å². The maximum atomic E-state index is 10.6. The molecule has 64 valence electrons. The lowest BCUT2D eigenvalue weighted by Crippen LogP contribution is -2.55. The van der Waals surface area contributed by atoms with Crippen molar-refractivity contribution in [2.24, 2.45) is 5.73 Å². The molecule has 4 N–H and O–H groups in total. The van der Waals surface area contributed by atoms with Crippen LogP contribution in [0.4, 0.5) is 0 Å². The van der Waals surface area contributed by atoms with Gasteiger partial charge < -0.3 is 15.9 Å². The van der Waals surface area contributed by atoms with Crippen LogP contribution >= 0.6 is 0 Å². The Balaban J connectivity index is 2.72. The van der Waals surface area contributed by atoms with Gasteiger partial charge in [-0.25, -0.2) is 4.79 Å². The van der Waals surface area contributed by atoms with Gasteiger partial charge in [-0.3, -0.25) is 0 Å². The van der Waals surface area contributed by atoms with Gasteiger partial charge in [0.1, 0.15) is 0 Å². The van der Waals surface area contributed by atoms with Crippen LogP contribution in [-0.2, 0) is 4.79 Å². The third-order valence-corrected chi connectivity index (χ3v) is 2.31. The molecule has 1 rings (SSSR count). The van der Waals surface area contributed by atoms with Crippen molar-refractivity contribution in [2.45, 2.75) is 37.3 Å². The van der Waals surface area contributed by atoms with Crippen molar-refractivity contribution in [3.05, 3.63) is 0 Å². The van der Waals surface area contributed by atoms with E-state index in [1.165, 1.54) is 0 Å². The van der Waals surface area contributed by atoms with E-state index in [0.29, 0.717) is 6.42 Å². The van der Waals surface area contributed by atoms with Crippen LogP contribution in [0.25, 0.3) is 0 Å². The standard InChI is InChI=1S/C7H13NO3/c8-5-3-1-2-4-7(5,11)6(9)10/h5,11H,1-4,8H2,(H,9,10)/t5-,7-/m1/s1. The molecule has 1 saturated carbocycles. The van der Waals surface area contributed by atoms with E-state index >= 15 is 0 Å². The summed E-state index contributed by atoms with van der Waals surface area (Å²) in [4.78, 5) is 10.6. The molecule has 0 spiro atoms. The highest BCUT2D eigenvalue weighted by Crippen LogP contribution is 2.27. The summed E-state index contributed by atoms with van der Waals surface area (Å²) < 4.78 is 0. The molecule has 0 aliphatic heterocycles. The van der Waals surface area contributed by atoms with Crippen LogP contribution in [-0.4, -0.2) is 27.8 Å². The molecular formula is C7H13NO3. The van der Waals surface area contributed by atoms with Gasteiger partial charge >= 0.3 is 5.97 Å². The van der Waals surface area contributed by atoms with Crippen LogP contribution in [0.15, 0.2) is 0 Å². The summed E-state index contributed by atoms with van der Waals surface area (Å²) in [5.41, 5.74) is 3.81. The highest BCUT2D eigenvalue weighted by atomic mass is 16.4. The van der Waals surface area contributed by atoms with E-state index in [-0.39, 0.29) is 6.42 Å². The maximum Gasteiger partial charge on any atom is 0.337 e. The Morgan fingerprint density at radius 1 is 1.55 bits per heavy atom. The zero-order valence-corrected chi connectivity index (χ0v) is 6.29. The molecule has 0 bridgehead atoms. The van der Waals surface area contributed by atoms with Crippen molar-refractivity contribution < 1.29 is 15.0 Å². The zero-order chi connectivity index (χ0) is 8.48. The molecule has 0 radical (unpaired) electrons. The SMILES string of the molecule is N[C@@H]1CCCC[C@]1(O)C(=O)O. The minimum Gasteiger partial charge on any atom is -0.479 e. The third-order valence-electron chi connectivity index (χ3n) is 2.31. The molecule has 0 amide bonds. The van der Waals surface area contributed by atoms with Crippen LogP contribution < -0.4 is 5.73 Å². The molecule has 0 aromatic rings. The molecule has 2 atom stereocenters. The number of rotatable bonds is 1. The average Bonchev–Trinajstić information content (AvgIpc) is 1.95. The molecule has 0 unspecified atom stereocenters. The number of aliphatic hydroxyl groups is 1. The predicted octanol–water partition coefficient (Wildman–Crippen LogP) is -0.297. The van der Waals surface area contributed by atoms with Crippen molar-refractivity contribution >= 4 is 5.97 Å². The van der Waals surface area contributed by atoms with Gasteiger partial charge in [-0.1, -0.05) is 6.42 Å². The molecule has 4 heteroatoms. The lowest BCUT2D eigenvalue weighted by atomic mass is 9.81. The summed E-state index contributed by atoms with van der Waals surface area (Å²) in [7, 11) is 0. The zero-order valence-electron chi connectivity index (χ0n) is 6.29. The Morgan fingerprint density at radius 3 is 2.55 bits per heavy atom. The van der Waals surface area contributed by atoms with E-state index in [2.05, 4.69) is 0 Å². The Bertz CT molecular complexity index is 171. The van der Waals surface area contributed by atoms with E-state index in [1.807, 2.05) is 0 Å². The van der Waals surface area contributed by atoms with Crippen molar-refractivity contribution in [2.75, 3.05) is 0 Å². The van der Waals surface area contributed by atoms with Gasteiger partial charge in [-0.05, 0) is 19.3 Å². The highest BCUT2D eigenvalue weighted by Gasteiger charge is 2.43. The molecule has 1 fully saturated rings. The van der Waals surface area contributed by atoms with Gasteiger partial charge in [0.15, 0.2) is 5.60 Å². The fraction of sp³-hybridized carbons (Fsp3) is 0.857. The molecule has 0 heterocycles. The summed E-state index contributed by atoms with van der Waals surface area (Å²) >= 11 is 0. The molecule has 0 aromatic heterocycles. The summed E-state index contributed by atoms with van der Waals surface area (Å²) in [6, 6.07) is -0.603. The summed E-state index contributed by atoms with van der Waals surface area (Å²) in [6.45, 7) is 0. The number of nitrogens with two attached hydrogens (primary N) is 1. The lowest BCUT2D eigenvalue weighted by Gasteiger charge is -2.33. The van der Waals surface area contributed by atoms with Gasteiger partial charge in [0.25, 0.3) is 0 Å². The summed E-state index contributed by atoms with van der Waals surface area (Å²) in [6.07, 6.45) is 2.54. The second kappa shape index (κ2) is 2.79. The predicted molar refractivity (Wildman–Crippen MR) is 39.0 cm³/mol. The summed E-state index contributed by atoms with van der Waals surface area (Å²) in [5, 5.41) is 18.1. The van der Waals surface area contributed by atoms with Gasteiger partial charge in [0, 0.05) is 6.04 Å². The molecule has 11 heavy (non-hydrogen) atoms. The maximum absolute atomic E-state index is 10.6. The van der Waals surface area contributed by atoms with Crippen molar-refractivity contribution in [1.29, 1.82) is 0 Å². The highest BCUT2D eigenvalue weighted by molar-refractivity contribution is 5.78. The topological polar surface area (TPSA) is 83.5 Å². The second-order valence-corrected chi connectivity index (χ2v) is 3.08. The number of carbonyl (C=O) groups is 1. The Labute approximate surface area is 65.0 Å². The fourth-order valence-electron chi connectivity index (χ4n) is 1.45. The van der Waals surface area contributed by atoms with Gasteiger partial charge in [0.05, 0.1) is 0 Å². The normalized spacial score (nSPS) is 38.5. The van der Waals surface area contributed by atoms with Crippen LogP contribution in [0, 0.1) is 0 Å². The molecule has 1 aliphatic carbocycles. The van der Waals surface area contributed by atoms with Gasteiger partial charge in [0.2, 0.25) is 0 Å². The first-order chi connectivity index (χ1) is 5.07. The number of hydrogen-bond acceptors (Lipinski definition) is 3. The first-order valence-corrected chi connectivity index (χ1v) is 3.79. The van der Waals surface area contributed by atoms with Crippen LogP contribution in [0.2, 0.25) is 0 Å². The number of carboxylic acid groups (broad SMARTS) is 1. The van der Waals surface area contributed by atoms with E-state index in [0.717, 1.165) is 12.8 Å². The quantitative estimate of drug-likeness (QED) is 0.490. The first-order valence-electron chi connectivity index (χ1n) is 3.79. The van der Waals surface area contributed by atoms with E-state index in [9.17, 15) is 9.90 Å². The van der Waals surface area contributed by atoms with E-state index < -0.39 is 17.6 Å². The van der Waals surface area contributed by atoms with E-state index in [4.69, 9.17) is 10.8 Å². The average molecular weight is 159 g/mol. The van der Waals surface area contributed by atoms with Gasteiger partial charge in [-0.2, -0.15) is 0 Å². The number of aliphatic carboxylic acids is 1. The lowest BCUT2D eigenvalue weighted by molar-refractivity contribution is -0.163. The molecule has 0 saturated heterocycles. The van der Waals surface area contributed by atoms with Crippen molar-refractivity contribution in [3.63, 3.8) is 0 Å². The monoisotopic (exact) mass is 159 g/mol. The van der Waals surface area contributed by atoms with Crippen molar-refractivity contribution in [1.82, 2.24) is 0 Å². The van der Waals surface area contributed by atoms with E-state index in [1.54, 1.807) is 0 Å². The molecular weight excluding hydrogens is 146 g/mol. The van der Waals surface area contributed by atoms with Gasteiger partial charge in [-0.15, -0.1) is 0 Å². The fourth-order valence-corrected chi connectivity index (χ4v) is 1.45. The largest absolute Gasteiger partial charge is 0.479 e. The minimum absolute atomic E-state index is 0.281. The number of carboxylic acids is 1. The Kier molecular flexibility index (Phi) is 2.15. The van der Waals surface area contributed by atoms with Crippen LogP contribution in [0.1, 0.15) is 25.7 Å². The molecule has 4 nitrogen and oxygen atoms in total. The third kappa shape index (κ3) is 1.36. The number of hydrogen-bond donors (Lipinski definition) is 3. The summed E-state index contributed by atoms with van der Waals surface area (Å²) in [5.74, 6) is -1.19. The molecule has 0 aromatic carbocycles. The Morgan fingerprint density at radius 2 is 2.18 bits per heavy atom. The second-order valence-electron chi connectivity index (χ2n) is 3.08. The Hall–Kier alpha value is -0.610. The first kappa shape index (κ1) is 8.49. The smallest absolute Gasteiger partial charge is 0.337 e. The van der Waals surface area contributed by atoms with Crippen molar-refractivity contribution in [3.8, 4) is 0 Å². The van der Waals surface area contributed by atoms with Crippen LogP contribution in [0.5, 0.6) is 0 Å². The molecule has 1 aliphatic rings.